The van der Waals surface area contributed by atoms with Crippen LogP contribution in [0.1, 0.15) is 30.0 Å². The standard InChI is InChI=1S/C16H18N2O4/c1-22-8-7-18-14(19)6-5-13(16(20)21)15(18)12-4-2-3-11(9-12)10-17/h2-4,9,13,15H,5-8H2,1H3,(H,20,21)/t13-,15+/m0/s1. The lowest BCUT2D eigenvalue weighted by Gasteiger charge is -2.39. The Bertz CT molecular complexity index is 608. The third-order valence-corrected chi connectivity index (χ3v) is 3.92. The quantitative estimate of drug-likeness (QED) is 0.891. The van der Waals surface area contributed by atoms with Crippen LogP contribution in [0.25, 0.3) is 0 Å². The van der Waals surface area contributed by atoms with E-state index in [1.165, 1.54) is 7.11 Å². The zero-order valence-corrected chi connectivity index (χ0v) is 12.4. The van der Waals surface area contributed by atoms with Crippen LogP contribution in [-0.4, -0.2) is 42.1 Å². The number of benzene rings is 1. The predicted octanol–water partition coefficient (Wildman–Crippen LogP) is 1.57. The Hall–Kier alpha value is -2.39. The topological polar surface area (TPSA) is 90.6 Å². The molecule has 0 radical (unpaired) electrons. The van der Waals surface area contributed by atoms with Crippen LogP contribution in [0.3, 0.4) is 0 Å². The van der Waals surface area contributed by atoms with Crippen LogP contribution in [-0.2, 0) is 14.3 Å². The largest absolute Gasteiger partial charge is 0.481 e. The molecule has 0 aliphatic carbocycles. The van der Waals surface area contributed by atoms with Crippen LogP contribution < -0.4 is 0 Å². The van der Waals surface area contributed by atoms with E-state index in [2.05, 4.69) is 0 Å². The monoisotopic (exact) mass is 302 g/mol. The van der Waals surface area contributed by atoms with Crippen LogP contribution >= 0.6 is 0 Å². The molecule has 1 heterocycles. The predicted molar refractivity (Wildman–Crippen MR) is 77.8 cm³/mol. The minimum atomic E-state index is -0.928. The third kappa shape index (κ3) is 3.26. The summed E-state index contributed by atoms with van der Waals surface area (Å²) in [6, 6.07) is 8.26. The summed E-state index contributed by atoms with van der Waals surface area (Å²) in [4.78, 5) is 25.4. The Morgan fingerprint density at radius 1 is 1.55 bits per heavy atom. The second-order valence-corrected chi connectivity index (χ2v) is 5.25. The molecule has 0 unspecified atom stereocenters. The van der Waals surface area contributed by atoms with Crippen LogP contribution in [0.2, 0.25) is 0 Å². The summed E-state index contributed by atoms with van der Waals surface area (Å²) >= 11 is 0. The number of hydrogen-bond acceptors (Lipinski definition) is 4. The molecular formula is C16H18N2O4. The minimum Gasteiger partial charge on any atom is -0.481 e. The molecule has 1 amide bonds. The van der Waals surface area contributed by atoms with E-state index in [9.17, 15) is 14.7 Å². The number of amides is 1. The highest BCUT2D eigenvalue weighted by Crippen LogP contribution is 2.37. The Labute approximate surface area is 128 Å². The summed E-state index contributed by atoms with van der Waals surface area (Å²) in [5.74, 6) is -1.69. The summed E-state index contributed by atoms with van der Waals surface area (Å²) in [6.07, 6.45) is 0.522. The Morgan fingerprint density at radius 2 is 2.32 bits per heavy atom. The number of rotatable bonds is 5. The maximum atomic E-state index is 12.2. The van der Waals surface area contributed by atoms with Gasteiger partial charge in [-0.2, -0.15) is 5.26 Å². The van der Waals surface area contributed by atoms with Crippen molar-refractivity contribution in [3.8, 4) is 6.07 Å². The first-order valence-corrected chi connectivity index (χ1v) is 7.09. The molecule has 0 bridgehead atoms. The van der Waals surface area contributed by atoms with E-state index in [-0.39, 0.29) is 12.3 Å². The van der Waals surface area contributed by atoms with E-state index in [0.29, 0.717) is 30.7 Å². The Morgan fingerprint density at radius 3 is 2.95 bits per heavy atom. The first-order valence-electron chi connectivity index (χ1n) is 7.09. The maximum Gasteiger partial charge on any atom is 0.308 e. The van der Waals surface area contributed by atoms with Gasteiger partial charge in [0.15, 0.2) is 0 Å². The number of carbonyl (C=O) groups is 2. The molecule has 2 atom stereocenters. The molecule has 2 rings (SSSR count). The van der Waals surface area contributed by atoms with Gasteiger partial charge in [0.05, 0.1) is 30.2 Å². The average molecular weight is 302 g/mol. The van der Waals surface area contributed by atoms with E-state index >= 15 is 0 Å². The van der Waals surface area contributed by atoms with Gasteiger partial charge in [-0.1, -0.05) is 12.1 Å². The number of carbonyl (C=O) groups excluding carboxylic acids is 1. The molecule has 0 aromatic heterocycles. The zero-order chi connectivity index (χ0) is 16.1. The lowest BCUT2D eigenvalue weighted by Crippen LogP contribution is -2.46. The van der Waals surface area contributed by atoms with Gasteiger partial charge in [-0.3, -0.25) is 9.59 Å². The van der Waals surface area contributed by atoms with Crippen molar-refractivity contribution < 1.29 is 19.4 Å². The fourth-order valence-corrected chi connectivity index (χ4v) is 2.87. The number of likely N-dealkylation sites (tertiary alicyclic amines) is 1. The van der Waals surface area contributed by atoms with E-state index in [1.54, 1.807) is 29.2 Å². The van der Waals surface area contributed by atoms with Crippen molar-refractivity contribution in [3.63, 3.8) is 0 Å². The maximum absolute atomic E-state index is 12.2. The van der Waals surface area contributed by atoms with Crippen molar-refractivity contribution in [3.05, 3.63) is 35.4 Å². The smallest absolute Gasteiger partial charge is 0.308 e. The Balaban J connectivity index is 2.42. The molecule has 1 aliphatic heterocycles. The van der Waals surface area contributed by atoms with Crippen molar-refractivity contribution in [2.45, 2.75) is 18.9 Å². The fraction of sp³-hybridized carbons (Fsp3) is 0.438. The van der Waals surface area contributed by atoms with Gasteiger partial charge >= 0.3 is 5.97 Å². The molecule has 22 heavy (non-hydrogen) atoms. The van der Waals surface area contributed by atoms with Gasteiger partial charge in [-0.15, -0.1) is 0 Å². The fourth-order valence-electron chi connectivity index (χ4n) is 2.87. The number of nitrogens with zero attached hydrogens (tertiary/aromatic N) is 2. The summed E-state index contributed by atoms with van der Waals surface area (Å²) in [5, 5.41) is 18.5. The molecule has 1 aromatic carbocycles. The number of ether oxygens (including phenoxy) is 1. The highest BCUT2D eigenvalue weighted by molar-refractivity contribution is 5.81. The summed E-state index contributed by atoms with van der Waals surface area (Å²) < 4.78 is 5.02. The molecule has 1 fully saturated rings. The molecule has 1 N–H and O–H groups in total. The number of methoxy groups -OCH3 is 1. The average Bonchev–Trinajstić information content (AvgIpc) is 2.53. The number of carboxylic acids is 1. The van der Waals surface area contributed by atoms with Gasteiger partial charge < -0.3 is 14.7 Å². The lowest BCUT2D eigenvalue weighted by atomic mass is 9.84. The van der Waals surface area contributed by atoms with Gasteiger partial charge in [0, 0.05) is 20.1 Å². The number of nitriles is 1. The van der Waals surface area contributed by atoms with Crippen molar-refractivity contribution in [1.82, 2.24) is 4.90 Å². The zero-order valence-electron chi connectivity index (χ0n) is 12.4. The molecule has 0 spiro atoms. The van der Waals surface area contributed by atoms with Crippen molar-refractivity contribution in [1.29, 1.82) is 5.26 Å². The van der Waals surface area contributed by atoms with Crippen LogP contribution in [0.5, 0.6) is 0 Å². The first kappa shape index (κ1) is 16.0. The number of carboxylic acid groups (broad SMARTS) is 1. The lowest BCUT2D eigenvalue weighted by molar-refractivity contribution is -0.152. The van der Waals surface area contributed by atoms with E-state index in [1.807, 2.05) is 6.07 Å². The molecule has 1 saturated heterocycles. The number of hydrogen-bond donors (Lipinski definition) is 1. The molecular weight excluding hydrogens is 284 g/mol. The second kappa shape index (κ2) is 7.05. The molecule has 1 aromatic rings. The SMILES string of the molecule is COCCN1C(=O)CC[C@H](C(=O)O)[C@H]1c1cccc(C#N)c1. The van der Waals surface area contributed by atoms with Crippen molar-refractivity contribution in [2.24, 2.45) is 5.92 Å². The van der Waals surface area contributed by atoms with E-state index in [0.717, 1.165) is 0 Å². The molecule has 6 nitrogen and oxygen atoms in total. The molecule has 0 saturated carbocycles. The minimum absolute atomic E-state index is 0.0816. The Kier molecular flexibility index (Phi) is 5.12. The highest BCUT2D eigenvalue weighted by atomic mass is 16.5. The summed E-state index contributed by atoms with van der Waals surface area (Å²) in [5.41, 5.74) is 1.13. The van der Waals surface area contributed by atoms with Gasteiger partial charge in [0.25, 0.3) is 0 Å². The molecule has 6 heteroatoms. The van der Waals surface area contributed by atoms with Gasteiger partial charge in [-0.05, 0) is 24.1 Å². The van der Waals surface area contributed by atoms with Crippen LogP contribution in [0, 0.1) is 17.2 Å². The third-order valence-electron chi connectivity index (χ3n) is 3.92. The van der Waals surface area contributed by atoms with Gasteiger partial charge in [-0.25, -0.2) is 0 Å². The van der Waals surface area contributed by atoms with Gasteiger partial charge in [0.1, 0.15) is 0 Å². The number of aliphatic carboxylic acids is 1. The van der Waals surface area contributed by atoms with Gasteiger partial charge in [0.2, 0.25) is 5.91 Å². The highest BCUT2D eigenvalue weighted by Gasteiger charge is 2.40. The van der Waals surface area contributed by atoms with E-state index < -0.39 is 17.9 Å². The van der Waals surface area contributed by atoms with E-state index in [4.69, 9.17) is 10.00 Å². The van der Waals surface area contributed by atoms with Crippen LogP contribution in [0.15, 0.2) is 24.3 Å². The normalized spacial score (nSPS) is 21.5. The van der Waals surface area contributed by atoms with Crippen molar-refractivity contribution in [2.75, 3.05) is 20.3 Å². The molecule has 1 aliphatic rings. The van der Waals surface area contributed by atoms with Crippen LogP contribution in [0.4, 0.5) is 0 Å². The second-order valence-electron chi connectivity index (χ2n) is 5.25. The molecule has 116 valence electrons. The summed E-state index contributed by atoms with van der Waals surface area (Å²) in [7, 11) is 1.54. The number of piperidine rings is 1. The summed E-state index contributed by atoms with van der Waals surface area (Å²) in [6.45, 7) is 0.674. The van der Waals surface area contributed by atoms with Crippen molar-refractivity contribution >= 4 is 11.9 Å². The first-order chi connectivity index (χ1) is 10.6.